The van der Waals surface area contributed by atoms with Crippen molar-refractivity contribution in [2.45, 2.75) is 18.3 Å². The van der Waals surface area contributed by atoms with Crippen molar-refractivity contribution in [2.75, 3.05) is 6.54 Å². The van der Waals surface area contributed by atoms with Crippen LogP contribution in [0.15, 0.2) is 16.8 Å². The highest BCUT2D eigenvalue weighted by atomic mass is 32.2. The van der Waals surface area contributed by atoms with Gasteiger partial charge in [0, 0.05) is 6.54 Å². The zero-order chi connectivity index (χ0) is 13.1. The first kappa shape index (κ1) is 14.1. The Morgan fingerprint density at radius 2 is 2.24 bits per heavy atom. The number of rotatable bonds is 6. The van der Waals surface area contributed by atoms with E-state index in [0.717, 1.165) is 6.92 Å². The maximum Gasteiger partial charge on any atom is 0.323 e. The van der Waals surface area contributed by atoms with Gasteiger partial charge in [-0.3, -0.25) is 4.79 Å². The fourth-order valence-corrected chi connectivity index (χ4v) is 2.65. The van der Waals surface area contributed by atoms with Gasteiger partial charge >= 0.3 is 5.97 Å². The Hall–Kier alpha value is -0.960. The van der Waals surface area contributed by atoms with Crippen molar-refractivity contribution in [3.8, 4) is 0 Å². The molecule has 0 amide bonds. The SMILES string of the molecule is CC(C(=O)O)S(=O)(=O)NCC(O)c1ccsc1. The van der Waals surface area contributed by atoms with Gasteiger partial charge in [-0.25, -0.2) is 13.1 Å². The van der Waals surface area contributed by atoms with Crippen LogP contribution in [0.1, 0.15) is 18.6 Å². The molecule has 0 spiro atoms. The lowest BCUT2D eigenvalue weighted by atomic mass is 10.2. The van der Waals surface area contributed by atoms with Gasteiger partial charge < -0.3 is 10.2 Å². The molecule has 2 atom stereocenters. The summed E-state index contributed by atoms with van der Waals surface area (Å²) < 4.78 is 25.0. The Balaban J connectivity index is 2.59. The minimum absolute atomic E-state index is 0.239. The topological polar surface area (TPSA) is 104 Å². The van der Waals surface area contributed by atoms with Crippen LogP contribution in [0.2, 0.25) is 0 Å². The number of carbonyl (C=O) groups is 1. The first-order valence-corrected chi connectivity index (χ1v) is 7.25. The Bertz CT molecular complexity index is 468. The number of hydrogen-bond acceptors (Lipinski definition) is 5. The van der Waals surface area contributed by atoms with Gasteiger partial charge in [0.15, 0.2) is 5.25 Å². The van der Waals surface area contributed by atoms with Crippen LogP contribution in [-0.2, 0) is 14.8 Å². The number of aliphatic hydroxyl groups is 1. The van der Waals surface area contributed by atoms with Crippen LogP contribution in [0, 0.1) is 0 Å². The minimum atomic E-state index is -3.95. The molecule has 1 aromatic rings. The van der Waals surface area contributed by atoms with E-state index in [9.17, 15) is 18.3 Å². The Morgan fingerprint density at radius 3 is 2.71 bits per heavy atom. The van der Waals surface area contributed by atoms with E-state index >= 15 is 0 Å². The van der Waals surface area contributed by atoms with E-state index in [4.69, 9.17) is 5.11 Å². The summed E-state index contributed by atoms with van der Waals surface area (Å²) in [7, 11) is -3.95. The first-order valence-electron chi connectivity index (χ1n) is 4.76. The molecule has 3 N–H and O–H groups in total. The average Bonchev–Trinajstić information content (AvgIpc) is 2.78. The summed E-state index contributed by atoms with van der Waals surface area (Å²) in [5.41, 5.74) is 0.598. The molecule has 0 fully saturated rings. The number of aliphatic hydroxyl groups excluding tert-OH is 1. The van der Waals surface area contributed by atoms with E-state index < -0.39 is 27.3 Å². The molecule has 1 rings (SSSR count). The molecule has 1 heterocycles. The van der Waals surface area contributed by atoms with Gasteiger partial charge in [0.2, 0.25) is 10.0 Å². The van der Waals surface area contributed by atoms with Crippen molar-refractivity contribution in [3.05, 3.63) is 22.4 Å². The molecule has 0 aliphatic carbocycles. The first-order chi connectivity index (χ1) is 7.84. The highest BCUT2D eigenvalue weighted by Gasteiger charge is 2.27. The standard InChI is InChI=1S/C9H13NO5S2/c1-6(9(12)13)17(14,15)10-4-8(11)7-2-3-16-5-7/h2-3,5-6,8,10-11H,4H2,1H3,(H,12,13). The summed E-state index contributed by atoms with van der Waals surface area (Å²) in [6.07, 6.45) is -0.975. The van der Waals surface area contributed by atoms with E-state index in [1.807, 2.05) is 0 Å². The van der Waals surface area contributed by atoms with Gasteiger partial charge in [-0.2, -0.15) is 11.3 Å². The lowest BCUT2D eigenvalue weighted by molar-refractivity contribution is -0.136. The second kappa shape index (κ2) is 5.58. The number of nitrogens with one attached hydrogen (secondary N) is 1. The van der Waals surface area contributed by atoms with Crippen LogP contribution in [0.5, 0.6) is 0 Å². The highest BCUT2D eigenvalue weighted by molar-refractivity contribution is 7.90. The molecule has 0 radical (unpaired) electrons. The summed E-state index contributed by atoms with van der Waals surface area (Å²) in [4.78, 5) is 10.5. The van der Waals surface area contributed by atoms with Crippen LogP contribution >= 0.6 is 11.3 Å². The predicted octanol–water partition coefficient (Wildman–Crippen LogP) is 0.174. The van der Waals surface area contributed by atoms with Gasteiger partial charge in [0.05, 0.1) is 6.10 Å². The highest BCUT2D eigenvalue weighted by Crippen LogP contribution is 2.15. The fourth-order valence-electron chi connectivity index (χ4n) is 1.04. The van der Waals surface area contributed by atoms with E-state index in [2.05, 4.69) is 4.72 Å². The summed E-state index contributed by atoms with van der Waals surface area (Å²) in [6.45, 7) is 0.832. The van der Waals surface area contributed by atoms with E-state index in [-0.39, 0.29) is 6.54 Å². The summed E-state index contributed by atoms with van der Waals surface area (Å²) in [5, 5.41) is 20.1. The minimum Gasteiger partial charge on any atom is -0.480 e. The van der Waals surface area contributed by atoms with E-state index in [1.54, 1.807) is 16.8 Å². The largest absolute Gasteiger partial charge is 0.480 e. The number of aliphatic carboxylic acids is 1. The monoisotopic (exact) mass is 279 g/mol. The van der Waals surface area contributed by atoms with Gasteiger partial charge in [-0.15, -0.1) is 0 Å². The van der Waals surface area contributed by atoms with Gasteiger partial charge in [0.1, 0.15) is 0 Å². The van der Waals surface area contributed by atoms with Gasteiger partial charge in [-0.1, -0.05) is 0 Å². The molecule has 8 heteroatoms. The lowest BCUT2D eigenvalue weighted by Gasteiger charge is -2.13. The molecule has 0 saturated heterocycles. The van der Waals surface area contributed by atoms with Crippen LogP contribution in [0.4, 0.5) is 0 Å². The van der Waals surface area contributed by atoms with Crippen molar-refractivity contribution in [1.82, 2.24) is 4.72 Å². The molecule has 17 heavy (non-hydrogen) atoms. The summed E-state index contributed by atoms with van der Waals surface area (Å²) >= 11 is 1.38. The van der Waals surface area contributed by atoms with Crippen LogP contribution in [0.3, 0.4) is 0 Å². The van der Waals surface area contributed by atoms with Gasteiger partial charge in [-0.05, 0) is 29.3 Å². The molecule has 0 bridgehead atoms. The van der Waals surface area contributed by atoms with Crippen molar-refractivity contribution in [2.24, 2.45) is 0 Å². The third-order valence-electron chi connectivity index (χ3n) is 2.22. The van der Waals surface area contributed by atoms with Crippen molar-refractivity contribution >= 4 is 27.3 Å². The van der Waals surface area contributed by atoms with Gasteiger partial charge in [0.25, 0.3) is 0 Å². The number of sulfonamides is 1. The molecule has 0 aliphatic rings. The molecular formula is C9H13NO5S2. The van der Waals surface area contributed by atoms with Crippen molar-refractivity contribution in [1.29, 1.82) is 0 Å². The van der Waals surface area contributed by atoms with Crippen LogP contribution < -0.4 is 4.72 Å². The van der Waals surface area contributed by atoms with E-state index in [1.165, 1.54) is 11.3 Å². The Morgan fingerprint density at radius 1 is 1.59 bits per heavy atom. The summed E-state index contributed by atoms with van der Waals surface area (Å²) in [6, 6.07) is 1.67. The zero-order valence-corrected chi connectivity index (χ0v) is 10.7. The maximum atomic E-state index is 11.4. The molecule has 0 aromatic carbocycles. The molecule has 0 aliphatic heterocycles. The van der Waals surface area contributed by atoms with Crippen molar-refractivity contribution < 1.29 is 23.4 Å². The predicted molar refractivity (Wildman–Crippen MR) is 63.3 cm³/mol. The molecular weight excluding hydrogens is 266 g/mol. The number of thiophene rings is 1. The zero-order valence-electron chi connectivity index (χ0n) is 9.03. The molecule has 2 unspecified atom stereocenters. The quantitative estimate of drug-likeness (QED) is 0.689. The van der Waals surface area contributed by atoms with Crippen molar-refractivity contribution in [3.63, 3.8) is 0 Å². The Kier molecular flexibility index (Phi) is 4.63. The van der Waals surface area contributed by atoms with Crippen LogP contribution in [0.25, 0.3) is 0 Å². The maximum absolute atomic E-state index is 11.4. The molecule has 6 nitrogen and oxygen atoms in total. The summed E-state index contributed by atoms with van der Waals surface area (Å²) in [5.74, 6) is -1.43. The number of hydrogen-bond donors (Lipinski definition) is 3. The van der Waals surface area contributed by atoms with E-state index in [0.29, 0.717) is 5.56 Å². The normalized spacial score (nSPS) is 15.4. The Labute approximate surface area is 103 Å². The lowest BCUT2D eigenvalue weighted by Crippen LogP contribution is -2.39. The number of carboxylic acid groups (broad SMARTS) is 1. The molecule has 1 aromatic heterocycles. The fraction of sp³-hybridized carbons (Fsp3) is 0.444. The second-order valence-electron chi connectivity index (χ2n) is 3.45. The molecule has 96 valence electrons. The van der Waals surface area contributed by atoms with Crippen LogP contribution in [-0.4, -0.2) is 36.4 Å². The molecule has 0 saturated carbocycles. The third kappa shape index (κ3) is 3.77. The second-order valence-corrected chi connectivity index (χ2v) is 6.31. The average molecular weight is 279 g/mol. The number of carboxylic acids is 1. The third-order valence-corrected chi connectivity index (χ3v) is 4.62. The smallest absolute Gasteiger partial charge is 0.323 e.